The molecule has 0 amide bonds. The average molecular weight is 126 g/mol. The van der Waals surface area contributed by atoms with E-state index in [-0.39, 0.29) is 0 Å². The molecule has 0 atom stereocenters. The van der Waals surface area contributed by atoms with Crippen LogP contribution in [0.4, 0.5) is 0 Å². The van der Waals surface area contributed by atoms with Gasteiger partial charge in [-0.2, -0.15) is 0 Å². The van der Waals surface area contributed by atoms with E-state index >= 15 is 0 Å². The summed E-state index contributed by atoms with van der Waals surface area (Å²) in [6, 6.07) is 0. The van der Waals surface area contributed by atoms with Gasteiger partial charge < -0.3 is 0 Å². The minimum atomic E-state index is 0.910. The van der Waals surface area contributed by atoms with Crippen molar-refractivity contribution in [2.45, 2.75) is 20.3 Å². The summed E-state index contributed by atoms with van der Waals surface area (Å²) in [5.74, 6) is 0. The molecule has 0 aromatic carbocycles. The minimum absolute atomic E-state index is 0.910. The molecule has 52 valence electrons. The van der Waals surface area contributed by atoms with Crippen LogP contribution in [0.5, 0.6) is 0 Å². The third-order valence-corrected chi connectivity index (χ3v) is 1.28. The Hall–Kier alpha value is -0.660. The summed E-state index contributed by atoms with van der Waals surface area (Å²) in [5.41, 5.74) is 2.27. The lowest BCUT2D eigenvalue weighted by atomic mass is 10.2. The fraction of sp³-hybridized carbons (Fsp3) is 0.714. The zero-order valence-corrected chi connectivity index (χ0v) is 6.60. The molecule has 0 heterocycles. The van der Waals surface area contributed by atoms with E-state index in [2.05, 4.69) is 9.98 Å². The third kappa shape index (κ3) is 3.88. The summed E-state index contributed by atoms with van der Waals surface area (Å²) in [6.07, 6.45) is 0.910. The summed E-state index contributed by atoms with van der Waals surface area (Å²) in [5, 5.41) is 0. The molecular formula is C7H14N2. The largest absolute Gasteiger partial charge is 0.297 e. The summed E-state index contributed by atoms with van der Waals surface area (Å²) in [4.78, 5) is 8.02. The van der Waals surface area contributed by atoms with Crippen LogP contribution in [0.2, 0.25) is 0 Å². The fourth-order valence-corrected chi connectivity index (χ4v) is 0.528. The minimum Gasteiger partial charge on any atom is -0.297 e. The quantitative estimate of drug-likeness (QED) is 0.502. The van der Waals surface area contributed by atoms with Crippen molar-refractivity contribution in [2.24, 2.45) is 9.98 Å². The van der Waals surface area contributed by atoms with Crippen molar-refractivity contribution in [3.8, 4) is 0 Å². The van der Waals surface area contributed by atoms with Crippen LogP contribution in [0.3, 0.4) is 0 Å². The van der Waals surface area contributed by atoms with Gasteiger partial charge in [0, 0.05) is 31.9 Å². The molecule has 0 aromatic heterocycles. The number of hydrogen-bond acceptors (Lipinski definition) is 2. The molecule has 0 saturated heterocycles. The van der Waals surface area contributed by atoms with Crippen molar-refractivity contribution in [1.29, 1.82) is 0 Å². The fourth-order valence-electron chi connectivity index (χ4n) is 0.528. The second-order valence-electron chi connectivity index (χ2n) is 2.09. The van der Waals surface area contributed by atoms with Gasteiger partial charge in [-0.25, -0.2) is 0 Å². The number of hydrogen-bond donors (Lipinski definition) is 0. The Morgan fingerprint density at radius 2 is 1.33 bits per heavy atom. The van der Waals surface area contributed by atoms with Gasteiger partial charge in [-0.15, -0.1) is 0 Å². The molecule has 0 radical (unpaired) electrons. The Bertz CT molecular complexity index is 118. The lowest BCUT2D eigenvalue weighted by Crippen LogP contribution is -1.99. The van der Waals surface area contributed by atoms with E-state index in [1.807, 2.05) is 13.8 Å². The molecule has 2 heteroatoms. The first-order valence-corrected chi connectivity index (χ1v) is 3.05. The lowest BCUT2D eigenvalue weighted by molar-refractivity contribution is 1.31. The number of aliphatic imine (C=N–C) groups is 2. The van der Waals surface area contributed by atoms with Gasteiger partial charge in [-0.05, 0) is 13.8 Å². The topological polar surface area (TPSA) is 24.7 Å². The average Bonchev–Trinajstić information content (AvgIpc) is 1.87. The number of nitrogens with zero attached hydrogens (tertiary/aromatic N) is 2. The highest BCUT2D eigenvalue weighted by molar-refractivity contribution is 6.02. The van der Waals surface area contributed by atoms with Crippen molar-refractivity contribution in [3.63, 3.8) is 0 Å². The van der Waals surface area contributed by atoms with E-state index in [4.69, 9.17) is 0 Å². The molecule has 9 heavy (non-hydrogen) atoms. The van der Waals surface area contributed by atoms with E-state index in [1.54, 1.807) is 14.1 Å². The molecule has 0 aliphatic carbocycles. The Morgan fingerprint density at radius 3 is 1.56 bits per heavy atom. The van der Waals surface area contributed by atoms with E-state index in [9.17, 15) is 0 Å². The first-order chi connectivity index (χ1) is 4.20. The Labute approximate surface area is 56.7 Å². The first-order valence-electron chi connectivity index (χ1n) is 3.05. The molecule has 0 aliphatic rings. The van der Waals surface area contributed by atoms with Crippen LogP contribution in [0, 0.1) is 0 Å². The van der Waals surface area contributed by atoms with Crippen molar-refractivity contribution in [3.05, 3.63) is 0 Å². The van der Waals surface area contributed by atoms with Crippen LogP contribution in [0.15, 0.2) is 9.98 Å². The van der Waals surface area contributed by atoms with Crippen LogP contribution < -0.4 is 0 Å². The normalized spacial score (nSPS) is 14.2. The highest BCUT2D eigenvalue weighted by Crippen LogP contribution is 1.88. The van der Waals surface area contributed by atoms with Gasteiger partial charge in [0.1, 0.15) is 0 Å². The molecule has 0 aromatic rings. The monoisotopic (exact) mass is 126 g/mol. The van der Waals surface area contributed by atoms with Gasteiger partial charge >= 0.3 is 0 Å². The van der Waals surface area contributed by atoms with Crippen LogP contribution in [0.25, 0.3) is 0 Å². The van der Waals surface area contributed by atoms with Crippen molar-refractivity contribution < 1.29 is 0 Å². The highest BCUT2D eigenvalue weighted by Gasteiger charge is 1.90. The SMILES string of the molecule is C/N=C(/C)C/C(C)=N/C. The molecule has 0 fully saturated rings. The van der Waals surface area contributed by atoms with E-state index < -0.39 is 0 Å². The first kappa shape index (κ1) is 8.34. The van der Waals surface area contributed by atoms with Gasteiger partial charge in [0.15, 0.2) is 0 Å². The maximum Gasteiger partial charge on any atom is 0.0276 e. The van der Waals surface area contributed by atoms with Crippen molar-refractivity contribution in [1.82, 2.24) is 0 Å². The highest BCUT2D eigenvalue weighted by atomic mass is 14.7. The third-order valence-electron chi connectivity index (χ3n) is 1.28. The predicted molar refractivity (Wildman–Crippen MR) is 42.7 cm³/mol. The Morgan fingerprint density at radius 1 is 1.00 bits per heavy atom. The summed E-state index contributed by atoms with van der Waals surface area (Å²) in [6.45, 7) is 4.02. The zero-order chi connectivity index (χ0) is 7.28. The van der Waals surface area contributed by atoms with Crippen LogP contribution in [-0.4, -0.2) is 25.5 Å². The summed E-state index contributed by atoms with van der Waals surface area (Å²) >= 11 is 0. The molecule has 0 spiro atoms. The summed E-state index contributed by atoms with van der Waals surface area (Å²) in [7, 11) is 3.61. The predicted octanol–water partition coefficient (Wildman–Crippen LogP) is 1.56. The zero-order valence-electron chi connectivity index (χ0n) is 6.60. The van der Waals surface area contributed by atoms with E-state index in [0.29, 0.717) is 0 Å². The molecule has 0 unspecified atom stereocenters. The second-order valence-corrected chi connectivity index (χ2v) is 2.09. The van der Waals surface area contributed by atoms with Crippen LogP contribution in [-0.2, 0) is 0 Å². The Balaban J connectivity index is 3.75. The molecule has 2 nitrogen and oxygen atoms in total. The number of rotatable bonds is 2. The summed E-state index contributed by atoms with van der Waals surface area (Å²) < 4.78 is 0. The molecule has 0 rings (SSSR count). The van der Waals surface area contributed by atoms with Gasteiger partial charge in [-0.1, -0.05) is 0 Å². The van der Waals surface area contributed by atoms with E-state index in [0.717, 1.165) is 17.8 Å². The van der Waals surface area contributed by atoms with Gasteiger partial charge in [0.25, 0.3) is 0 Å². The molecule has 0 N–H and O–H groups in total. The van der Waals surface area contributed by atoms with Crippen molar-refractivity contribution >= 4 is 11.4 Å². The van der Waals surface area contributed by atoms with Gasteiger partial charge in [0.05, 0.1) is 0 Å². The molecule has 0 saturated carbocycles. The van der Waals surface area contributed by atoms with Crippen LogP contribution in [0.1, 0.15) is 20.3 Å². The van der Waals surface area contributed by atoms with Crippen molar-refractivity contribution in [2.75, 3.05) is 14.1 Å². The van der Waals surface area contributed by atoms with E-state index in [1.165, 1.54) is 0 Å². The molecular weight excluding hydrogens is 112 g/mol. The van der Waals surface area contributed by atoms with Gasteiger partial charge in [0.2, 0.25) is 0 Å². The smallest absolute Gasteiger partial charge is 0.0276 e. The lowest BCUT2D eigenvalue weighted by Gasteiger charge is -1.95. The molecule has 0 bridgehead atoms. The van der Waals surface area contributed by atoms with Crippen LogP contribution >= 0.6 is 0 Å². The molecule has 0 aliphatic heterocycles. The second kappa shape index (κ2) is 4.24. The maximum atomic E-state index is 4.01. The van der Waals surface area contributed by atoms with Gasteiger partial charge in [-0.3, -0.25) is 9.98 Å². The Kier molecular flexibility index (Phi) is 3.93. The maximum absolute atomic E-state index is 4.01. The standard InChI is InChI=1S/C7H14N2/c1-6(8-3)5-7(2)9-4/h5H2,1-4H3/b8-6-,9-7+.